The summed E-state index contributed by atoms with van der Waals surface area (Å²) in [4.78, 5) is 43.2. The molecule has 4 aromatic rings. The van der Waals surface area contributed by atoms with Crippen LogP contribution in [-0.4, -0.2) is 57.0 Å². The summed E-state index contributed by atoms with van der Waals surface area (Å²) in [5.41, 5.74) is 2.02. The molecule has 1 amide bonds. The maximum atomic E-state index is 13.3. The molecule has 34 heavy (non-hydrogen) atoms. The summed E-state index contributed by atoms with van der Waals surface area (Å²) in [6.07, 6.45) is 3.42. The SMILES string of the molecule is Cc1nn(-c2ccc(F)cc2)c2sc(C(=O)OCC(=O)c3c[nH]c(C(=O)N4CCCC4)c3)cc12. The van der Waals surface area contributed by atoms with Gasteiger partial charge in [-0.1, -0.05) is 0 Å². The van der Waals surface area contributed by atoms with Crippen molar-refractivity contribution in [1.82, 2.24) is 19.7 Å². The third-order valence-corrected chi connectivity index (χ3v) is 6.87. The fourth-order valence-corrected chi connectivity index (χ4v) is 5.04. The summed E-state index contributed by atoms with van der Waals surface area (Å²) in [5.74, 6) is -1.51. The van der Waals surface area contributed by atoms with Crippen LogP contribution in [0.4, 0.5) is 4.39 Å². The summed E-state index contributed by atoms with van der Waals surface area (Å²) in [6.45, 7) is 2.81. The van der Waals surface area contributed by atoms with E-state index in [9.17, 15) is 18.8 Å². The maximum Gasteiger partial charge on any atom is 0.348 e. The topological polar surface area (TPSA) is 97.3 Å². The van der Waals surface area contributed by atoms with E-state index in [-0.39, 0.29) is 17.3 Å². The molecule has 0 aliphatic carbocycles. The number of amides is 1. The van der Waals surface area contributed by atoms with Gasteiger partial charge in [-0.2, -0.15) is 5.10 Å². The number of ketones is 1. The van der Waals surface area contributed by atoms with Crippen LogP contribution >= 0.6 is 11.3 Å². The Morgan fingerprint density at radius 2 is 1.88 bits per heavy atom. The molecule has 1 fully saturated rings. The predicted molar refractivity (Wildman–Crippen MR) is 124 cm³/mol. The lowest BCUT2D eigenvalue weighted by atomic mass is 10.2. The number of rotatable bonds is 6. The Bertz CT molecular complexity index is 1400. The fraction of sp³-hybridized carbons (Fsp3) is 0.250. The summed E-state index contributed by atoms with van der Waals surface area (Å²) in [5, 5.41) is 5.25. The number of ether oxygens (including phenoxy) is 1. The normalized spacial score (nSPS) is 13.5. The highest BCUT2D eigenvalue weighted by atomic mass is 32.1. The third-order valence-electron chi connectivity index (χ3n) is 5.78. The number of carbonyl (C=O) groups is 3. The van der Waals surface area contributed by atoms with E-state index < -0.39 is 18.4 Å². The minimum absolute atomic E-state index is 0.135. The standard InChI is InChI=1S/C24H21FN4O4S/c1-14-18-11-21(34-23(18)29(27-14)17-6-4-16(25)5-7-17)24(32)33-13-20(30)15-10-19(26-12-15)22(31)28-8-2-3-9-28/h4-7,10-12,26H,2-3,8-9,13H2,1H3. The predicted octanol–water partition coefficient (Wildman–Crippen LogP) is 4.14. The number of H-pyrrole nitrogens is 1. The molecule has 10 heteroatoms. The number of thiophene rings is 1. The number of benzene rings is 1. The van der Waals surface area contributed by atoms with Crippen LogP contribution in [0.1, 0.15) is 49.1 Å². The Balaban J connectivity index is 1.27. The van der Waals surface area contributed by atoms with E-state index >= 15 is 0 Å². The molecular weight excluding hydrogens is 459 g/mol. The van der Waals surface area contributed by atoms with Crippen molar-refractivity contribution in [3.8, 4) is 5.69 Å². The average molecular weight is 481 g/mol. The molecule has 0 spiro atoms. The summed E-state index contributed by atoms with van der Waals surface area (Å²) >= 11 is 1.19. The third kappa shape index (κ3) is 4.12. The number of hydrogen-bond donors (Lipinski definition) is 1. The first-order valence-electron chi connectivity index (χ1n) is 10.8. The molecule has 1 aliphatic heterocycles. The number of aryl methyl sites for hydroxylation is 1. The number of nitrogens with one attached hydrogen (secondary N) is 1. The molecular formula is C24H21FN4O4S. The quantitative estimate of drug-likeness (QED) is 0.331. The number of likely N-dealkylation sites (tertiary alicyclic amines) is 1. The number of carbonyl (C=O) groups excluding carboxylic acids is 3. The number of fused-ring (bicyclic) bond motifs is 1. The highest BCUT2D eigenvalue weighted by molar-refractivity contribution is 7.20. The first-order valence-corrected chi connectivity index (χ1v) is 11.7. The molecule has 1 N–H and O–H groups in total. The van der Waals surface area contributed by atoms with Gasteiger partial charge in [0.1, 0.15) is 21.2 Å². The van der Waals surface area contributed by atoms with Gasteiger partial charge in [-0.25, -0.2) is 13.9 Å². The Labute approximate surface area is 197 Å². The van der Waals surface area contributed by atoms with Crippen LogP contribution in [0.15, 0.2) is 42.6 Å². The Hall–Kier alpha value is -3.79. The monoisotopic (exact) mass is 480 g/mol. The Morgan fingerprint density at radius 3 is 2.62 bits per heavy atom. The van der Waals surface area contributed by atoms with E-state index in [1.54, 1.807) is 27.8 Å². The van der Waals surface area contributed by atoms with Crippen LogP contribution in [0.5, 0.6) is 0 Å². The minimum Gasteiger partial charge on any atom is -0.453 e. The molecule has 0 bridgehead atoms. The minimum atomic E-state index is -0.622. The van der Waals surface area contributed by atoms with Crippen LogP contribution in [0, 0.1) is 12.7 Å². The van der Waals surface area contributed by atoms with Crippen molar-refractivity contribution in [3.05, 3.63) is 70.2 Å². The number of aromatic amines is 1. The van der Waals surface area contributed by atoms with Gasteiger partial charge in [0.25, 0.3) is 5.91 Å². The van der Waals surface area contributed by atoms with Crippen LogP contribution in [-0.2, 0) is 4.74 Å². The molecule has 0 saturated carbocycles. The number of halogens is 1. The molecule has 1 aromatic carbocycles. The Kier molecular flexibility index (Phi) is 5.74. The highest BCUT2D eigenvalue weighted by Crippen LogP contribution is 2.31. The Morgan fingerprint density at radius 1 is 1.15 bits per heavy atom. The molecule has 5 rings (SSSR count). The fourth-order valence-electron chi connectivity index (χ4n) is 3.96. The lowest BCUT2D eigenvalue weighted by Crippen LogP contribution is -2.27. The van der Waals surface area contributed by atoms with E-state index in [1.165, 1.54) is 35.7 Å². The number of nitrogens with zero attached hydrogens (tertiary/aromatic N) is 3. The average Bonchev–Trinajstić information content (AvgIpc) is 3.63. The van der Waals surface area contributed by atoms with Crippen LogP contribution in [0.2, 0.25) is 0 Å². The number of Topliss-reactive ketones (excluding diaryl/α,β-unsaturated/α-hetero) is 1. The molecule has 4 heterocycles. The molecule has 0 atom stereocenters. The van der Waals surface area contributed by atoms with E-state index in [0.717, 1.165) is 23.1 Å². The molecule has 1 saturated heterocycles. The van der Waals surface area contributed by atoms with Crippen molar-refractivity contribution in [3.63, 3.8) is 0 Å². The van der Waals surface area contributed by atoms with Gasteiger partial charge >= 0.3 is 5.97 Å². The zero-order valence-corrected chi connectivity index (χ0v) is 19.2. The van der Waals surface area contributed by atoms with Crippen molar-refractivity contribution in [2.75, 3.05) is 19.7 Å². The van der Waals surface area contributed by atoms with E-state index in [4.69, 9.17) is 4.74 Å². The lowest BCUT2D eigenvalue weighted by molar-refractivity contribution is 0.0479. The van der Waals surface area contributed by atoms with Gasteiger partial charge in [0, 0.05) is 30.2 Å². The molecule has 174 valence electrons. The zero-order valence-electron chi connectivity index (χ0n) is 18.3. The van der Waals surface area contributed by atoms with Gasteiger partial charge in [0.05, 0.1) is 11.4 Å². The highest BCUT2D eigenvalue weighted by Gasteiger charge is 2.23. The number of hydrogen-bond acceptors (Lipinski definition) is 6. The second-order valence-electron chi connectivity index (χ2n) is 8.10. The first-order chi connectivity index (χ1) is 16.4. The maximum absolute atomic E-state index is 13.3. The van der Waals surface area contributed by atoms with Crippen molar-refractivity contribution in [2.45, 2.75) is 19.8 Å². The first kappa shape index (κ1) is 22.0. The van der Waals surface area contributed by atoms with Crippen molar-refractivity contribution >= 4 is 39.2 Å². The van der Waals surface area contributed by atoms with Crippen LogP contribution in [0.3, 0.4) is 0 Å². The largest absolute Gasteiger partial charge is 0.453 e. The van der Waals surface area contributed by atoms with Crippen molar-refractivity contribution in [2.24, 2.45) is 0 Å². The van der Waals surface area contributed by atoms with Crippen molar-refractivity contribution in [1.29, 1.82) is 0 Å². The van der Waals surface area contributed by atoms with Crippen molar-refractivity contribution < 1.29 is 23.5 Å². The van der Waals surface area contributed by atoms with Gasteiger partial charge < -0.3 is 14.6 Å². The summed E-state index contributed by atoms with van der Waals surface area (Å²) in [7, 11) is 0. The number of aromatic nitrogens is 3. The van der Waals surface area contributed by atoms with Gasteiger partial charge in [-0.3, -0.25) is 9.59 Å². The second-order valence-corrected chi connectivity index (χ2v) is 9.13. The molecule has 0 unspecified atom stereocenters. The summed E-state index contributed by atoms with van der Waals surface area (Å²) in [6, 6.07) is 9.08. The van der Waals surface area contributed by atoms with E-state index in [1.807, 2.05) is 6.92 Å². The summed E-state index contributed by atoms with van der Waals surface area (Å²) < 4.78 is 20.2. The molecule has 0 radical (unpaired) electrons. The van der Waals surface area contributed by atoms with Crippen LogP contribution in [0.25, 0.3) is 15.9 Å². The second kappa shape index (κ2) is 8.86. The van der Waals surface area contributed by atoms with Gasteiger partial charge in [-0.15, -0.1) is 11.3 Å². The van der Waals surface area contributed by atoms with E-state index in [2.05, 4.69) is 10.1 Å². The molecule has 1 aliphatic rings. The van der Waals surface area contributed by atoms with Gasteiger partial charge in [0.15, 0.2) is 6.61 Å². The zero-order chi connectivity index (χ0) is 23.8. The number of esters is 1. The van der Waals surface area contributed by atoms with Gasteiger partial charge in [0.2, 0.25) is 5.78 Å². The molecule has 3 aromatic heterocycles. The van der Waals surface area contributed by atoms with E-state index in [0.29, 0.717) is 35.0 Å². The lowest BCUT2D eigenvalue weighted by Gasteiger charge is -2.13. The smallest absolute Gasteiger partial charge is 0.348 e. The van der Waals surface area contributed by atoms with Crippen LogP contribution < -0.4 is 0 Å². The molecule has 8 nitrogen and oxygen atoms in total. The van der Waals surface area contributed by atoms with Gasteiger partial charge in [-0.05, 0) is 56.2 Å².